The predicted molar refractivity (Wildman–Crippen MR) is 99.9 cm³/mol. The highest BCUT2D eigenvalue weighted by atomic mass is 16.4. The molecule has 1 aromatic heterocycles. The smallest absolute Gasteiger partial charge is 0.310 e. The molecule has 0 spiro atoms. The molecule has 1 heterocycles. The lowest BCUT2D eigenvalue weighted by atomic mass is 10.00. The Labute approximate surface area is 148 Å². The monoisotopic (exact) mass is 336 g/mol. The van der Waals surface area contributed by atoms with Crippen LogP contribution in [0, 0.1) is 0 Å². The van der Waals surface area contributed by atoms with E-state index >= 15 is 0 Å². The number of hydrogen-bond donors (Lipinski definition) is 1. The Bertz CT molecular complexity index is 865. The molecule has 130 valence electrons. The second-order valence-corrected chi connectivity index (χ2v) is 6.51. The van der Waals surface area contributed by atoms with Gasteiger partial charge in [0.2, 0.25) is 0 Å². The third kappa shape index (κ3) is 3.73. The Hall–Kier alpha value is -2.62. The van der Waals surface area contributed by atoms with Crippen LogP contribution in [0.3, 0.4) is 0 Å². The summed E-state index contributed by atoms with van der Waals surface area (Å²) in [6, 6.07) is 16.1. The number of hydrogen-bond acceptors (Lipinski definition) is 2. The number of aromatic nitrogens is 2. The first-order valence-corrected chi connectivity index (χ1v) is 8.86. The summed E-state index contributed by atoms with van der Waals surface area (Å²) in [6.07, 6.45) is 3.24. The number of aryl methyl sites for hydroxylation is 1. The fourth-order valence-electron chi connectivity index (χ4n) is 3.06. The molecule has 1 unspecified atom stereocenters. The topological polar surface area (TPSA) is 55.1 Å². The highest BCUT2D eigenvalue weighted by molar-refractivity contribution is 5.76. The van der Waals surface area contributed by atoms with Gasteiger partial charge in [-0.05, 0) is 36.6 Å². The van der Waals surface area contributed by atoms with Crippen LogP contribution in [-0.4, -0.2) is 20.6 Å². The van der Waals surface area contributed by atoms with Crippen LogP contribution < -0.4 is 0 Å². The molecule has 0 fully saturated rings. The van der Waals surface area contributed by atoms with Gasteiger partial charge in [-0.25, -0.2) is 4.98 Å². The van der Waals surface area contributed by atoms with E-state index in [2.05, 4.69) is 23.6 Å². The van der Waals surface area contributed by atoms with Gasteiger partial charge in [0.05, 0.1) is 17.0 Å². The summed E-state index contributed by atoms with van der Waals surface area (Å²) in [7, 11) is 0. The molecule has 0 bridgehead atoms. The first-order chi connectivity index (χ1) is 12.1. The molecule has 2 aromatic carbocycles. The maximum absolute atomic E-state index is 11.1. The summed E-state index contributed by atoms with van der Waals surface area (Å²) in [6.45, 7) is 4.65. The number of imidazole rings is 1. The molecule has 0 aliphatic heterocycles. The molecule has 4 heteroatoms. The van der Waals surface area contributed by atoms with E-state index in [9.17, 15) is 4.79 Å². The fourth-order valence-corrected chi connectivity index (χ4v) is 3.06. The minimum atomic E-state index is -0.796. The quantitative estimate of drug-likeness (QED) is 0.685. The Morgan fingerprint density at radius 2 is 1.88 bits per heavy atom. The number of carboxylic acid groups (broad SMARTS) is 1. The summed E-state index contributed by atoms with van der Waals surface area (Å²) in [5.74, 6) is -0.163. The zero-order valence-corrected chi connectivity index (χ0v) is 14.8. The maximum atomic E-state index is 11.1. The number of fused-ring (bicyclic) bond motifs is 1. The molecule has 3 aromatic rings. The molecule has 1 atom stereocenters. The molecular weight excluding hydrogens is 312 g/mol. The highest BCUT2D eigenvalue weighted by Gasteiger charge is 2.14. The Morgan fingerprint density at radius 1 is 1.16 bits per heavy atom. The van der Waals surface area contributed by atoms with Crippen molar-refractivity contribution in [2.45, 2.75) is 45.6 Å². The normalized spacial score (nSPS) is 12.4. The van der Waals surface area contributed by atoms with Gasteiger partial charge in [0.1, 0.15) is 5.82 Å². The molecule has 1 N–H and O–H groups in total. The molecular formula is C21H24N2O2. The maximum Gasteiger partial charge on any atom is 0.310 e. The van der Waals surface area contributed by atoms with Crippen molar-refractivity contribution in [1.82, 2.24) is 9.55 Å². The zero-order chi connectivity index (χ0) is 17.8. The molecule has 0 aliphatic rings. The second kappa shape index (κ2) is 7.51. The standard InChI is InChI=1S/C21H24N2O2/c1-3-4-9-20-22-18-7-5-6-8-19(18)23(20)14-16-10-12-17(13-11-16)15(2)21(24)25/h5-8,10-13,15H,3-4,9,14H2,1-2H3,(H,24,25). The second-order valence-electron chi connectivity index (χ2n) is 6.51. The molecule has 0 amide bonds. The predicted octanol–water partition coefficient (Wildman–Crippen LogP) is 4.62. The SMILES string of the molecule is CCCCc1nc2ccccc2n1Cc1ccc(C(C)C(=O)O)cc1. The van der Waals surface area contributed by atoms with Gasteiger partial charge in [-0.15, -0.1) is 0 Å². The van der Waals surface area contributed by atoms with Crippen LogP contribution in [0.2, 0.25) is 0 Å². The van der Waals surface area contributed by atoms with E-state index in [1.165, 1.54) is 0 Å². The minimum Gasteiger partial charge on any atom is -0.481 e. The van der Waals surface area contributed by atoms with E-state index in [1.54, 1.807) is 6.92 Å². The van der Waals surface area contributed by atoms with Crippen molar-refractivity contribution in [1.29, 1.82) is 0 Å². The van der Waals surface area contributed by atoms with Gasteiger partial charge in [0, 0.05) is 13.0 Å². The number of unbranched alkanes of at least 4 members (excludes halogenated alkanes) is 1. The number of aliphatic carboxylic acids is 1. The van der Waals surface area contributed by atoms with Crippen LogP contribution >= 0.6 is 0 Å². The number of benzene rings is 2. The first kappa shape index (κ1) is 17.2. The van der Waals surface area contributed by atoms with Crippen molar-refractivity contribution in [3.8, 4) is 0 Å². The molecule has 0 saturated carbocycles. The summed E-state index contributed by atoms with van der Waals surface area (Å²) >= 11 is 0. The van der Waals surface area contributed by atoms with E-state index in [0.29, 0.717) is 0 Å². The number of nitrogens with zero attached hydrogens (tertiary/aromatic N) is 2. The van der Waals surface area contributed by atoms with Gasteiger partial charge in [0.25, 0.3) is 0 Å². The van der Waals surface area contributed by atoms with Gasteiger partial charge in [-0.1, -0.05) is 49.7 Å². The molecule has 0 aliphatic carbocycles. The summed E-state index contributed by atoms with van der Waals surface area (Å²) in [5, 5.41) is 9.14. The van der Waals surface area contributed by atoms with Crippen LogP contribution in [0.5, 0.6) is 0 Å². The van der Waals surface area contributed by atoms with Crippen molar-refractivity contribution in [3.63, 3.8) is 0 Å². The lowest BCUT2D eigenvalue weighted by Crippen LogP contribution is -2.08. The number of carboxylic acids is 1. The average molecular weight is 336 g/mol. The Balaban J connectivity index is 1.90. The van der Waals surface area contributed by atoms with Crippen LogP contribution in [-0.2, 0) is 17.8 Å². The molecule has 4 nitrogen and oxygen atoms in total. The largest absolute Gasteiger partial charge is 0.481 e. The third-order valence-corrected chi connectivity index (χ3v) is 4.68. The van der Waals surface area contributed by atoms with Crippen LogP contribution in [0.25, 0.3) is 11.0 Å². The number of rotatable bonds is 7. The third-order valence-electron chi connectivity index (χ3n) is 4.68. The van der Waals surface area contributed by atoms with Crippen molar-refractivity contribution in [2.75, 3.05) is 0 Å². The molecule has 0 saturated heterocycles. The molecule has 25 heavy (non-hydrogen) atoms. The highest BCUT2D eigenvalue weighted by Crippen LogP contribution is 2.21. The van der Waals surface area contributed by atoms with Gasteiger partial charge in [0.15, 0.2) is 0 Å². The zero-order valence-electron chi connectivity index (χ0n) is 14.8. The fraction of sp³-hybridized carbons (Fsp3) is 0.333. The van der Waals surface area contributed by atoms with Crippen molar-refractivity contribution >= 4 is 17.0 Å². The van der Waals surface area contributed by atoms with Gasteiger partial charge < -0.3 is 9.67 Å². The van der Waals surface area contributed by atoms with E-state index in [1.807, 2.05) is 36.4 Å². The number of para-hydroxylation sites is 2. The molecule has 0 radical (unpaired) electrons. The number of carbonyl (C=O) groups is 1. The van der Waals surface area contributed by atoms with Crippen molar-refractivity contribution in [3.05, 3.63) is 65.5 Å². The summed E-state index contributed by atoms with van der Waals surface area (Å²) in [4.78, 5) is 15.9. The van der Waals surface area contributed by atoms with Crippen LogP contribution in [0.15, 0.2) is 48.5 Å². The summed E-state index contributed by atoms with van der Waals surface area (Å²) < 4.78 is 2.28. The minimum absolute atomic E-state index is 0.483. The Kier molecular flexibility index (Phi) is 5.17. The van der Waals surface area contributed by atoms with Gasteiger partial charge >= 0.3 is 5.97 Å². The van der Waals surface area contributed by atoms with Crippen LogP contribution in [0.4, 0.5) is 0 Å². The van der Waals surface area contributed by atoms with E-state index in [-0.39, 0.29) is 0 Å². The lowest BCUT2D eigenvalue weighted by molar-refractivity contribution is -0.138. The Morgan fingerprint density at radius 3 is 2.56 bits per heavy atom. The van der Waals surface area contributed by atoms with E-state index in [4.69, 9.17) is 10.1 Å². The van der Waals surface area contributed by atoms with Gasteiger partial charge in [-0.2, -0.15) is 0 Å². The average Bonchev–Trinajstić information content (AvgIpc) is 2.97. The lowest BCUT2D eigenvalue weighted by Gasteiger charge is -2.11. The first-order valence-electron chi connectivity index (χ1n) is 8.86. The van der Waals surface area contributed by atoms with Gasteiger partial charge in [-0.3, -0.25) is 4.79 Å². The van der Waals surface area contributed by atoms with Crippen LogP contribution in [0.1, 0.15) is 49.6 Å². The molecule has 3 rings (SSSR count). The van der Waals surface area contributed by atoms with Crippen molar-refractivity contribution in [2.24, 2.45) is 0 Å². The van der Waals surface area contributed by atoms with E-state index in [0.717, 1.165) is 53.8 Å². The summed E-state index contributed by atoms with van der Waals surface area (Å²) in [5.41, 5.74) is 4.17. The van der Waals surface area contributed by atoms with Crippen molar-refractivity contribution < 1.29 is 9.90 Å². The van der Waals surface area contributed by atoms with E-state index < -0.39 is 11.9 Å².